The maximum atomic E-state index is 15.4. The Bertz CT molecular complexity index is 2240. The van der Waals surface area contributed by atoms with Crippen molar-refractivity contribution in [2.75, 3.05) is 0 Å². The third-order valence-corrected chi connectivity index (χ3v) is 21.2. The third-order valence-electron chi connectivity index (χ3n) is 10.8. The number of non-ortho nitro benzene ring substituents is 1. The van der Waals surface area contributed by atoms with E-state index in [9.17, 15) is 10.1 Å². The molecule has 4 aromatic carbocycles. The first-order chi connectivity index (χ1) is 27.6. The molecule has 0 unspecified atom stereocenters. The molecule has 1 saturated heterocycles. The van der Waals surface area contributed by atoms with Crippen LogP contribution in [0.25, 0.3) is 0 Å². The molecule has 0 bridgehead atoms. The number of aromatic nitrogens is 4. The lowest BCUT2D eigenvalue weighted by atomic mass is 9.93. The van der Waals surface area contributed by atoms with Crippen LogP contribution in [0.3, 0.4) is 0 Å². The molecule has 0 saturated carbocycles. The monoisotopic (exact) mass is 854 g/mol. The summed E-state index contributed by atoms with van der Waals surface area (Å²) in [7, 11) is -0.634. The fourth-order valence-electron chi connectivity index (χ4n) is 6.78. The summed E-state index contributed by atoms with van der Waals surface area (Å²) < 4.78 is 15.2. The summed E-state index contributed by atoms with van der Waals surface area (Å²) in [6.45, 7) is 9.26. The van der Waals surface area contributed by atoms with Crippen LogP contribution in [0.1, 0.15) is 39.1 Å². The van der Waals surface area contributed by atoms with Gasteiger partial charge in [-0.05, 0) is 69.1 Å². The second-order valence-electron chi connectivity index (χ2n) is 15.6. The van der Waals surface area contributed by atoms with Gasteiger partial charge >= 0.3 is 5.97 Å². The molecule has 0 radical (unpaired) electrons. The highest BCUT2D eigenvalue weighted by atomic mass is 32.2. The van der Waals surface area contributed by atoms with Crippen molar-refractivity contribution in [1.29, 1.82) is 0 Å². The first-order valence-corrected chi connectivity index (χ1v) is 24.8. The first kappa shape index (κ1) is 42.8. The number of thioether (sulfide) groups is 1. The minimum atomic E-state index is -3.26. The Morgan fingerprint density at radius 3 is 1.90 bits per heavy atom. The van der Waals surface area contributed by atoms with Crippen molar-refractivity contribution in [3.63, 3.8) is 0 Å². The molecule has 6 rings (SSSR count). The van der Waals surface area contributed by atoms with Crippen LogP contribution in [0.4, 0.5) is 5.69 Å². The van der Waals surface area contributed by atoms with E-state index in [0.717, 1.165) is 15.9 Å². The number of rotatable bonds is 14. The van der Waals surface area contributed by atoms with Crippen molar-refractivity contribution in [1.82, 2.24) is 25.1 Å². The molecule has 0 spiro atoms. The molecule has 302 valence electrons. The maximum absolute atomic E-state index is 15.4. The van der Waals surface area contributed by atoms with Gasteiger partial charge in [0.1, 0.15) is 17.4 Å². The number of carbonyl (C=O) groups excluding carboxylic acids is 2. The Morgan fingerprint density at radius 2 is 1.45 bits per heavy atom. The topological polar surface area (TPSA) is 143 Å². The number of carbonyl (C=O) groups is 2. The number of ether oxygens (including phenoxy) is 1. The number of nitro groups is 1. The molecule has 1 aliphatic rings. The summed E-state index contributed by atoms with van der Waals surface area (Å²) in [6.07, 6.45) is -0.264. The van der Waals surface area contributed by atoms with Gasteiger partial charge in [-0.1, -0.05) is 136 Å². The number of tetrazole rings is 1. The number of nitrogens with zero attached hydrogens (tertiary/aromatic N) is 6. The molecule has 1 amide bonds. The highest BCUT2D eigenvalue weighted by Crippen LogP contribution is 2.52. The van der Waals surface area contributed by atoms with Gasteiger partial charge in [-0.2, -0.15) is 0 Å². The smallest absolute Gasteiger partial charge is 0.356 e. The standard InChI is InChI=1S/C42H47N6O6PS2Si/c1-29(54-58(6,7)42(2,3)4)37-38(49)47(40(37)57-36(56)27-35-43-44-45-46(35)5)39(41(50)53-28-30-23-25-31(26-24-30)48(51)52)55(32-17-11-8-12-18-32,33-19-13-9-14-20-33)34-21-15-10-16-22-34/h8-26,29,37,40H,27-28H2,1-7H3/t29-,37+,40+/m0/s1. The number of likely N-dealkylation sites (tertiary alicyclic amines) is 1. The number of thiocarbonyl (C=S) groups is 1. The lowest BCUT2D eigenvalue weighted by molar-refractivity contribution is -0.384. The second-order valence-corrected chi connectivity index (χ2v) is 25.6. The Balaban J connectivity index is 1.60. The van der Waals surface area contributed by atoms with E-state index in [4.69, 9.17) is 21.4 Å². The number of β-lactam (4-membered cyclic amide) rings is 1. The summed E-state index contributed by atoms with van der Waals surface area (Å²) in [6, 6.07) is 35.2. The van der Waals surface area contributed by atoms with E-state index in [1.54, 1.807) is 28.8 Å². The van der Waals surface area contributed by atoms with E-state index < -0.39 is 43.5 Å². The van der Waals surface area contributed by atoms with Gasteiger partial charge in [0, 0.05) is 26.1 Å². The van der Waals surface area contributed by atoms with Crippen LogP contribution < -0.4 is 15.9 Å². The summed E-state index contributed by atoms with van der Waals surface area (Å²) in [5.74, 6) is -1.08. The van der Waals surface area contributed by atoms with Crippen molar-refractivity contribution in [2.24, 2.45) is 13.0 Å². The van der Waals surface area contributed by atoms with Gasteiger partial charge in [-0.15, -0.1) is 5.10 Å². The number of esters is 1. The molecule has 2 heterocycles. The summed E-state index contributed by atoms with van der Waals surface area (Å²) in [4.78, 5) is 43.2. The quantitative estimate of drug-likeness (QED) is 0.0222. The Morgan fingerprint density at radius 1 is 0.931 bits per heavy atom. The zero-order chi connectivity index (χ0) is 41.8. The highest BCUT2D eigenvalue weighted by Gasteiger charge is 2.57. The van der Waals surface area contributed by atoms with Crippen LogP contribution in [0, 0.1) is 16.0 Å². The largest absolute Gasteiger partial charge is 0.456 e. The van der Waals surface area contributed by atoms with Crippen LogP contribution in [0.15, 0.2) is 115 Å². The van der Waals surface area contributed by atoms with E-state index in [0.29, 0.717) is 15.6 Å². The van der Waals surface area contributed by atoms with Gasteiger partial charge < -0.3 is 9.16 Å². The Kier molecular flexibility index (Phi) is 13.0. The molecular weight excluding hydrogens is 808 g/mol. The van der Waals surface area contributed by atoms with Crippen molar-refractivity contribution in [3.8, 4) is 0 Å². The van der Waals surface area contributed by atoms with Crippen LogP contribution in [-0.2, 0) is 38.8 Å². The normalized spacial score (nSPS) is 16.3. The fourth-order valence-corrected chi connectivity index (χ4v) is 14.4. The molecule has 0 aliphatic carbocycles. The average Bonchev–Trinajstić information content (AvgIpc) is 3.60. The van der Waals surface area contributed by atoms with Gasteiger partial charge in [-0.3, -0.25) is 19.8 Å². The second kappa shape index (κ2) is 17.6. The van der Waals surface area contributed by atoms with Crippen LogP contribution in [0.2, 0.25) is 18.1 Å². The van der Waals surface area contributed by atoms with E-state index in [1.807, 2.05) is 97.9 Å². The molecule has 1 aliphatic heterocycles. The number of hydrogen-bond donors (Lipinski definition) is 0. The number of hydrogen-bond acceptors (Lipinski definition) is 11. The van der Waals surface area contributed by atoms with Crippen LogP contribution >= 0.6 is 30.9 Å². The van der Waals surface area contributed by atoms with E-state index in [1.165, 1.54) is 23.9 Å². The van der Waals surface area contributed by atoms with Crippen molar-refractivity contribution in [3.05, 3.63) is 137 Å². The maximum Gasteiger partial charge on any atom is 0.356 e. The van der Waals surface area contributed by atoms with Crippen LogP contribution in [0.5, 0.6) is 0 Å². The molecule has 5 aromatic rings. The molecule has 3 atom stereocenters. The minimum Gasteiger partial charge on any atom is -0.456 e. The Labute approximate surface area is 349 Å². The molecule has 1 aromatic heterocycles. The molecule has 12 nitrogen and oxygen atoms in total. The molecule has 1 fully saturated rings. The molecular formula is C42H47N6O6PS2Si. The summed E-state index contributed by atoms with van der Waals surface area (Å²) >= 11 is 7.36. The number of aryl methyl sites for hydroxylation is 1. The zero-order valence-corrected chi connectivity index (χ0v) is 37.0. The number of nitro benzene ring substituents is 1. The van der Waals surface area contributed by atoms with Crippen molar-refractivity contribution in [2.45, 2.75) is 70.3 Å². The van der Waals surface area contributed by atoms with E-state index >= 15 is 9.59 Å². The predicted octanol–water partition coefficient (Wildman–Crippen LogP) is 6.78. The van der Waals surface area contributed by atoms with Gasteiger partial charge in [0.05, 0.1) is 27.6 Å². The zero-order valence-electron chi connectivity index (χ0n) is 33.5. The Hall–Kier alpha value is -4.79. The van der Waals surface area contributed by atoms with Gasteiger partial charge in [-0.25, -0.2) is 9.48 Å². The number of benzene rings is 4. The number of amides is 1. The first-order valence-electron chi connectivity index (χ1n) is 18.8. The van der Waals surface area contributed by atoms with Crippen LogP contribution in [-0.4, -0.2) is 71.3 Å². The van der Waals surface area contributed by atoms with Gasteiger partial charge in [0.15, 0.2) is 14.1 Å². The molecule has 16 heteroatoms. The van der Waals surface area contributed by atoms with Gasteiger partial charge in [0.2, 0.25) is 5.91 Å². The summed E-state index contributed by atoms with van der Waals surface area (Å²) in [5.41, 5.74) is 0.665. The lowest BCUT2D eigenvalue weighted by Gasteiger charge is -2.52. The average molecular weight is 855 g/mol. The highest BCUT2D eigenvalue weighted by molar-refractivity contribution is 8.23. The fraction of sp³-hybridized carbons (Fsp3) is 0.310. The third kappa shape index (κ3) is 8.64. The van der Waals surface area contributed by atoms with E-state index in [-0.39, 0.29) is 35.1 Å². The lowest BCUT2D eigenvalue weighted by Crippen LogP contribution is -2.68. The van der Waals surface area contributed by atoms with Crippen molar-refractivity contribution < 1.29 is 23.7 Å². The minimum absolute atomic E-state index is 0.0799. The summed E-state index contributed by atoms with van der Waals surface area (Å²) in [5, 5.41) is 25.0. The van der Waals surface area contributed by atoms with E-state index in [2.05, 4.69) is 49.4 Å². The SMILES string of the molecule is C[C@H](O[Si](C)(C)C(C)(C)C)[C@@H]1C(=O)N(C(C(=O)OCc2ccc([N+](=O)[O-])cc2)=P(c2ccccc2)(c2ccccc2)c2ccccc2)[C@@H]1SC(=S)Cc1nnnn1C. The van der Waals surface area contributed by atoms with Gasteiger partial charge in [0.25, 0.3) is 5.69 Å². The molecule has 0 N–H and O–H groups in total. The van der Waals surface area contributed by atoms with Crippen molar-refractivity contribution >= 4 is 82.3 Å². The predicted molar refractivity (Wildman–Crippen MR) is 238 cm³/mol. The molecule has 58 heavy (non-hydrogen) atoms.